The van der Waals surface area contributed by atoms with Gasteiger partial charge in [0.1, 0.15) is 10.8 Å². The quantitative estimate of drug-likeness (QED) is 0.748. The van der Waals surface area contributed by atoms with Gasteiger partial charge in [-0.05, 0) is 36.7 Å². The first kappa shape index (κ1) is 18.5. The minimum Gasteiger partial charge on any atom is -0.495 e. The minimum atomic E-state index is 0.502. The molecule has 0 N–H and O–H groups in total. The lowest BCUT2D eigenvalue weighted by molar-refractivity contribution is 0.247. The van der Waals surface area contributed by atoms with Crippen LogP contribution in [0.5, 0.6) is 5.75 Å². The molecule has 0 atom stereocenters. The van der Waals surface area contributed by atoms with Gasteiger partial charge in [-0.1, -0.05) is 59.6 Å². The molecular formula is C20H24Cl2N2O. The van der Waals surface area contributed by atoms with Crippen LogP contribution in [-0.2, 0) is 13.1 Å². The van der Waals surface area contributed by atoms with E-state index in [-0.39, 0.29) is 0 Å². The van der Waals surface area contributed by atoms with Crippen molar-refractivity contribution in [3.8, 4) is 5.75 Å². The van der Waals surface area contributed by atoms with Crippen LogP contribution < -0.4 is 4.74 Å². The van der Waals surface area contributed by atoms with Gasteiger partial charge in [-0.25, -0.2) is 0 Å². The van der Waals surface area contributed by atoms with Gasteiger partial charge in [0.15, 0.2) is 0 Å². The maximum absolute atomic E-state index is 6.42. The number of rotatable bonds is 5. The fourth-order valence-electron chi connectivity index (χ4n) is 3.27. The predicted octanol–water partition coefficient (Wildman–Crippen LogP) is 4.71. The van der Waals surface area contributed by atoms with Crippen molar-refractivity contribution in [3.63, 3.8) is 0 Å². The molecule has 0 unspecified atom stereocenters. The summed E-state index contributed by atoms with van der Waals surface area (Å²) in [5.41, 5.74) is 2.44. The summed E-state index contributed by atoms with van der Waals surface area (Å²) in [7, 11) is 1.60. The molecule has 1 aliphatic heterocycles. The van der Waals surface area contributed by atoms with E-state index in [4.69, 9.17) is 27.9 Å². The highest BCUT2D eigenvalue weighted by Gasteiger charge is 2.18. The fourth-order valence-corrected chi connectivity index (χ4v) is 3.75. The molecule has 1 fully saturated rings. The van der Waals surface area contributed by atoms with Gasteiger partial charge in [0.05, 0.1) is 12.1 Å². The Bertz CT molecular complexity index is 694. The Morgan fingerprint density at radius 1 is 0.840 bits per heavy atom. The Morgan fingerprint density at radius 3 is 2.20 bits per heavy atom. The average Bonchev–Trinajstić information content (AvgIpc) is 2.85. The van der Waals surface area contributed by atoms with Crippen molar-refractivity contribution in [2.45, 2.75) is 19.5 Å². The summed E-state index contributed by atoms with van der Waals surface area (Å²) < 4.78 is 5.22. The lowest BCUT2D eigenvalue weighted by atomic mass is 10.2. The van der Waals surface area contributed by atoms with Crippen molar-refractivity contribution in [2.75, 3.05) is 33.3 Å². The van der Waals surface area contributed by atoms with Crippen molar-refractivity contribution < 1.29 is 4.74 Å². The van der Waals surface area contributed by atoms with E-state index in [1.54, 1.807) is 7.11 Å². The van der Waals surface area contributed by atoms with Crippen LogP contribution in [0.2, 0.25) is 10.0 Å². The standard InChI is InChI=1S/C20H24Cl2N2O/c1-25-18-9-8-17(19(21)20(18)22)15-24-11-5-10-23(12-13-24)14-16-6-3-2-4-7-16/h2-4,6-9H,5,10-15H2,1H3. The zero-order valence-corrected chi connectivity index (χ0v) is 16.1. The molecule has 1 saturated heterocycles. The van der Waals surface area contributed by atoms with Crippen LogP contribution in [0, 0.1) is 0 Å². The van der Waals surface area contributed by atoms with E-state index in [0.717, 1.165) is 51.3 Å². The second-order valence-electron chi connectivity index (χ2n) is 6.45. The van der Waals surface area contributed by atoms with Crippen molar-refractivity contribution in [2.24, 2.45) is 0 Å². The number of hydrogen-bond donors (Lipinski definition) is 0. The normalized spacial score (nSPS) is 16.6. The number of ether oxygens (including phenoxy) is 1. The molecule has 0 bridgehead atoms. The van der Waals surface area contributed by atoms with Gasteiger partial charge >= 0.3 is 0 Å². The summed E-state index contributed by atoms with van der Waals surface area (Å²) in [5, 5.41) is 1.11. The van der Waals surface area contributed by atoms with Crippen LogP contribution in [0.15, 0.2) is 42.5 Å². The van der Waals surface area contributed by atoms with Gasteiger partial charge in [0, 0.05) is 26.2 Å². The van der Waals surface area contributed by atoms with Crippen LogP contribution in [0.25, 0.3) is 0 Å². The maximum Gasteiger partial charge on any atom is 0.138 e. The number of methoxy groups -OCH3 is 1. The lowest BCUT2D eigenvalue weighted by Crippen LogP contribution is -2.30. The maximum atomic E-state index is 6.42. The van der Waals surface area contributed by atoms with Gasteiger partial charge in [0.25, 0.3) is 0 Å². The first-order chi connectivity index (χ1) is 12.2. The fraction of sp³-hybridized carbons (Fsp3) is 0.400. The molecular weight excluding hydrogens is 355 g/mol. The largest absolute Gasteiger partial charge is 0.495 e. The topological polar surface area (TPSA) is 15.7 Å². The minimum absolute atomic E-state index is 0.502. The van der Waals surface area contributed by atoms with E-state index < -0.39 is 0 Å². The average molecular weight is 379 g/mol. The first-order valence-corrected chi connectivity index (χ1v) is 9.42. The SMILES string of the molecule is COc1ccc(CN2CCCN(Cc3ccccc3)CC2)c(Cl)c1Cl. The molecule has 25 heavy (non-hydrogen) atoms. The van der Waals surface area contributed by atoms with Crippen molar-refractivity contribution in [1.29, 1.82) is 0 Å². The highest BCUT2D eigenvalue weighted by atomic mass is 35.5. The first-order valence-electron chi connectivity index (χ1n) is 8.67. The van der Waals surface area contributed by atoms with E-state index in [1.165, 1.54) is 5.56 Å². The van der Waals surface area contributed by atoms with Gasteiger partial charge in [-0.3, -0.25) is 9.80 Å². The summed E-state index contributed by atoms with van der Waals surface area (Å²) >= 11 is 12.7. The summed E-state index contributed by atoms with van der Waals surface area (Å²) in [6, 6.07) is 14.6. The summed E-state index contributed by atoms with van der Waals surface area (Å²) in [6.45, 7) is 6.14. The Morgan fingerprint density at radius 2 is 1.52 bits per heavy atom. The van der Waals surface area contributed by atoms with Crippen LogP contribution in [-0.4, -0.2) is 43.1 Å². The Kier molecular flexibility index (Phi) is 6.60. The summed E-state index contributed by atoms with van der Waals surface area (Å²) in [4.78, 5) is 4.98. The molecule has 2 aromatic carbocycles. The van der Waals surface area contributed by atoms with Crippen LogP contribution >= 0.6 is 23.2 Å². The molecule has 134 valence electrons. The third kappa shape index (κ3) is 4.89. The Labute approximate surface area is 160 Å². The third-order valence-electron chi connectivity index (χ3n) is 4.67. The third-order valence-corrected chi connectivity index (χ3v) is 5.57. The van der Waals surface area contributed by atoms with E-state index in [0.29, 0.717) is 15.8 Å². The second-order valence-corrected chi connectivity index (χ2v) is 7.20. The molecule has 1 aliphatic rings. The molecule has 0 spiro atoms. The molecule has 1 heterocycles. The molecule has 0 radical (unpaired) electrons. The van der Waals surface area contributed by atoms with Gasteiger partial charge in [0.2, 0.25) is 0 Å². The molecule has 0 aromatic heterocycles. The number of nitrogens with zero attached hydrogens (tertiary/aromatic N) is 2. The molecule has 3 rings (SSSR count). The van der Waals surface area contributed by atoms with Gasteiger partial charge in [-0.15, -0.1) is 0 Å². The van der Waals surface area contributed by atoms with E-state index in [2.05, 4.69) is 40.1 Å². The van der Waals surface area contributed by atoms with Crippen molar-refractivity contribution in [3.05, 3.63) is 63.6 Å². The monoisotopic (exact) mass is 378 g/mol. The Balaban J connectivity index is 1.59. The highest BCUT2D eigenvalue weighted by molar-refractivity contribution is 6.43. The smallest absolute Gasteiger partial charge is 0.138 e. The molecule has 2 aromatic rings. The molecule has 5 heteroatoms. The molecule has 0 amide bonds. The van der Waals surface area contributed by atoms with E-state index in [1.807, 2.05) is 12.1 Å². The molecule has 3 nitrogen and oxygen atoms in total. The summed E-state index contributed by atoms with van der Waals surface area (Å²) in [5.74, 6) is 0.625. The summed E-state index contributed by atoms with van der Waals surface area (Å²) in [6.07, 6.45) is 1.16. The zero-order chi connectivity index (χ0) is 17.6. The lowest BCUT2D eigenvalue weighted by Gasteiger charge is -2.22. The van der Waals surface area contributed by atoms with Crippen LogP contribution in [0.1, 0.15) is 17.5 Å². The number of halogens is 2. The zero-order valence-electron chi connectivity index (χ0n) is 14.5. The van der Waals surface area contributed by atoms with Gasteiger partial charge < -0.3 is 4.74 Å². The van der Waals surface area contributed by atoms with E-state index in [9.17, 15) is 0 Å². The van der Waals surface area contributed by atoms with Crippen molar-refractivity contribution >= 4 is 23.2 Å². The van der Waals surface area contributed by atoms with Crippen LogP contribution in [0.3, 0.4) is 0 Å². The van der Waals surface area contributed by atoms with Crippen LogP contribution in [0.4, 0.5) is 0 Å². The number of hydrogen-bond acceptors (Lipinski definition) is 3. The highest BCUT2D eigenvalue weighted by Crippen LogP contribution is 2.35. The Hall–Kier alpha value is -1.26. The second kappa shape index (κ2) is 8.91. The molecule has 0 saturated carbocycles. The number of benzene rings is 2. The van der Waals surface area contributed by atoms with E-state index >= 15 is 0 Å². The molecule has 0 aliphatic carbocycles. The van der Waals surface area contributed by atoms with Crippen molar-refractivity contribution in [1.82, 2.24) is 9.80 Å². The van der Waals surface area contributed by atoms with Gasteiger partial charge in [-0.2, -0.15) is 0 Å². The predicted molar refractivity (Wildman–Crippen MR) is 105 cm³/mol.